The minimum absolute atomic E-state index is 0.0468. The molecule has 1 fully saturated rings. The third-order valence-corrected chi connectivity index (χ3v) is 3.83. The summed E-state index contributed by atoms with van der Waals surface area (Å²) in [5.41, 5.74) is 1.91. The van der Waals surface area contributed by atoms with Crippen molar-refractivity contribution in [2.75, 3.05) is 6.61 Å². The molecule has 2 atom stereocenters. The van der Waals surface area contributed by atoms with E-state index in [0.717, 1.165) is 17.5 Å². The number of epoxide rings is 1. The van der Waals surface area contributed by atoms with E-state index in [2.05, 4.69) is 0 Å². The predicted molar refractivity (Wildman–Crippen MR) is 81.2 cm³/mol. The summed E-state index contributed by atoms with van der Waals surface area (Å²) in [6.07, 6.45) is 1.46. The van der Waals surface area contributed by atoms with Crippen molar-refractivity contribution in [3.63, 3.8) is 0 Å². The predicted octanol–water partition coefficient (Wildman–Crippen LogP) is 3.10. The van der Waals surface area contributed by atoms with E-state index in [4.69, 9.17) is 14.6 Å². The second kappa shape index (κ2) is 6.90. The van der Waals surface area contributed by atoms with Crippen molar-refractivity contribution in [3.05, 3.63) is 65.5 Å². The summed E-state index contributed by atoms with van der Waals surface area (Å²) in [5.74, 6) is 0.434. The molecule has 1 heterocycles. The second-order valence-corrected chi connectivity index (χ2v) is 5.46. The van der Waals surface area contributed by atoms with E-state index in [1.807, 2.05) is 30.3 Å². The number of aryl methyl sites for hydroxylation is 1. The van der Waals surface area contributed by atoms with Gasteiger partial charge in [-0.05, 0) is 42.2 Å². The first-order valence-electron chi connectivity index (χ1n) is 7.48. The van der Waals surface area contributed by atoms with E-state index in [1.165, 1.54) is 12.1 Å². The minimum Gasteiger partial charge on any atom is -0.489 e. The van der Waals surface area contributed by atoms with Crippen molar-refractivity contribution in [2.24, 2.45) is 0 Å². The molecular formula is C18H19FO3. The number of aliphatic hydroxyl groups is 1. The van der Waals surface area contributed by atoms with Crippen LogP contribution in [0.5, 0.6) is 5.75 Å². The first-order chi connectivity index (χ1) is 10.8. The minimum atomic E-state index is -0.266. The lowest BCUT2D eigenvalue weighted by atomic mass is 10.1. The smallest absolute Gasteiger partial charge is 0.123 e. The molecule has 2 aromatic carbocycles. The molecule has 1 aliphatic heterocycles. The van der Waals surface area contributed by atoms with Crippen molar-refractivity contribution >= 4 is 0 Å². The van der Waals surface area contributed by atoms with Gasteiger partial charge in [0.15, 0.2) is 0 Å². The highest BCUT2D eigenvalue weighted by Gasteiger charge is 2.37. The van der Waals surface area contributed by atoms with E-state index in [9.17, 15) is 4.39 Å². The summed E-state index contributed by atoms with van der Waals surface area (Å²) in [6, 6.07) is 14.5. The van der Waals surface area contributed by atoms with Gasteiger partial charge >= 0.3 is 0 Å². The summed E-state index contributed by atoms with van der Waals surface area (Å²) in [6.45, 7) is 0.504. The molecule has 2 aromatic rings. The van der Waals surface area contributed by atoms with E-state index < -0.39 is 0 Å². The van der Waals surface area contributed by atoms with Gasteiger partial charge in [0.25, 0.3) is 0 Å². The summed E-state index contributed by atoms with van der Waals surface area (Å²) in [5, 5.41) is 8.97. The molecule has 0 amide bonds. The highest BCUT2D eigenvalue weighted by Crippen LogP contribution is 2.29. The first-order valence-corrected chi connectivity index (χ1v) is 7.48. The number of rotatable bonds is 7. The molecule has 0 aromatic heterocycles. The quantitative estimate of drug-likeness (QED) is 0.799. The van der Waals surface area contributed by atoms with Crippen LogP contribution in [-0.4, -0.2) is 23.9 Å². The Morgan fingerprint density at radius 1 is 1.09 bits per heavy atom. The Bertz CT molecular complexity index is 615. The van der Waals surface area contributed by atoms with Crippen LogP contribution in [0, 0.1) is 5.82 Å². The van der Waals surface area contributed by atoms with Crippen LogP contribution in [0.2, 0.25) is 0 Å². The van der Waals surface area contributed by atoms with Crippen LogP contribution in [0.1, 0.15) is 17.5 Å². The van der Waals surface area contributed by atoms with Crippen LogP contribution in [0.4, 0.5) is 4.39 Å². The zero-order valence-corrected chi connectivity index (χ0v) is 12.2. The van der Waals surface area contributed by atoms with Gasteiger partial charge in [0.2, 0.25) is 0 Å². The van der Waals surface area contributed by atoms with Gasteiger partial charge in [-0.1, -0.05) is 30.3 Å². The Morgan fingerprint density at radius 3 is 2.64 bits per heavy atom. The van der Waals surface area contributed by atoms with Gasteiger partial charge in [-0.15, -0.1) is 0 Å². The average Bonchev–Trinajstić information content (AvgIpc) is 3.31. The lowest BCUT2D eigenvalue weighted by molar-refractivity contribution is 0.241. The number of halogens is 1. The maximum absolute atomic E-state index is 13.5. The third-order valence-electron chi connectivity index (χ3n) is 3.83. The summed E-state index contributed by atoms with van der Waals surface area (Å²) >= 11 is 0. The molecule has 1 N–H and O–H groups in total. The standard InChI is InChI=1S/C18H19FO3/c19-15-7-9-16(21-12-13-4-2-1-3-5-13)14(10-15)6-8-17-18(11-20)22-17/h1-5,7,9-10,17-18,20H,6,8,11-12H2/t17-,18+/m1/s1. The topological polar surface area (TPSA) is 42.0 Å². The average molecular weight is 302 g/mol. The maximum atomic E-state index is 13.5. The van der Waals surface area contributed by atoms with Crippen molar-refractivity contribution in [1.82, 2.24) is 0 Å². The van der Waals surface area contributed by atoms with Gasteiger partial charge < -0.3 is 14.6 Å². The van der Waals surface area contributed by atoms with E-state index in [1.54, 1.807) is 6.07 Å². The Hall–Kier alpha value is -1.91. The molecule has 116 valence electrons. The van der Waals surface area contributed by atoms with Crippen molar-refractivity contribution in [3.8, 4) is 5.75 Å². The Morgan fingerprint density at radius 2 is 1.91 bits per heavy atom. The zero-order valence-electron chi connectivity index (χ0n) is 12.2. The van der Waals surface area contributed by atoms with Gasteiger partial charge in [0.1, 0.15) is 24.3 Å². The molecule has 0 aliphatic carbocycles. The molecule has 3 rings (SSSR count). The molecule has 0 saturated carbocycles. The Labute approximate surface area is 129 Å². The molecule has 0 radical (unpaired) electrons. The fraction of sp³-hybridized carbons (Fsp3) is 0.333. The molecular weight excluding hydrogens is 283 g/mol. The number of aliphatic hydroxyl groups excluding tert-OH is 1. The van der Waals surface area contributed by atoms with Crippen LogP contribution in [0.15, 0.2) is 48.5 Å². The molecule has 1 saturated heterocycles. The molecule has 0 spiro atoms. The van der Waals surface area contributed by atoms with Gasteiger partial charge in [0, 0.05) is 0 Å². The zero-order chi connectivity index (χ0) is 15.4. The lowest BCUT2D eigenvalue weighted by Gasteiger charge is -2.11. The molecule has 22 heavy (non-hydrogen) atoms. The maximum Gasteiger partial charge on any atom is 0.123 e. The number of hydrogen-bond donors (Lipinski definition) is 1. The van der Waals surface area contributed by atoms with Crippen molar-refractivity contribution < 1.29 is 19.0 Å². The largest absolute Gasteiger partial charge is 0.489 e. The van der Waals surface area contributed by atoms with Crippen LogP contribution < -0.4 is 4.74 Å². The fourth-order valence-electron chi connectivity index (χ4n) is 2.51. The summed E-state index contributed by atoms with van der Waals surface area (Å²) < 4.78 is 24.6. The first kappa shape index (κ1) is 15.0. The molecule has 4 heteroatoms. The molecule has 0 unspecified atom stereocenters. The number of ether oxygens (including phenoxy) is 2. The molecule has 3 nitrogen and oxygen atoms in total. The highest BCUT2D eigenvalue weighted by molar-refractivity contribution is 5.34. The van der Waals surface area contributed by atoms with E-state index >= 15 is 0 Å². The number of hydrogen-bond acceptors (Lipinski definition) is 3. The highest BCUT2D eigenvalue weighted by atomic mass is 19.1. The SMILES string of the molecule is OC[C@@H]1O[C@@H]1CCc1cc(F)ccc1OCc1ccccc1. The van der Waals surface area contributed by atoms with E-state index in [-0.39, 0.29) is 24.6 Å². The summed E-state index contributed by atoms with van der Waals surface area (Å²) in [7, 11) is 0. The third kappa shape index (κ3) is 3.84. The summed E-state index contributed by atoms with van der Waals surface area (Å²) in [4.78, 5) is 0. The van der Waals surface area contributed by atoms with Crippen LogP contribution in [0.25, 0.3) is 0 Å². The molecule has 0 bridgehead atoms. The van der Waals surface area contributed by atoms with Crippen LogP contribution in [0.3, 0.4) is 0 Å². The Kier molecular flexibility index (Phi) is 4.71. The Balaban J connectivity index is 1.62. The van der Waals surface area contributed by atoms with Gasteiger partial charge in [0.05, 0.1) is 12.7 Å². The second-order valence-electron chi connectivity index (χ2n) is 5.46. The normalized spacial score (nSPS) is 19.9. The van der Waals surface area contributed by atoms with Gasteiger partial charge in [-0.25, -0.2) is 4.39 Å². The van der Waals surface area contributed by atoms with Crippen LogP contribution >= 0.6 is 0 Å². The van der Waals surface area contributed by atoms with Crippen molar-refractivity contribution in [2.45, 2.75) is 31.7 Å². The van der Waals surface area contributed by atoms with Crippen molar-refractivity contribution in [1.29, 1.82) is 0 Å². The fourth-order valence-corrected chi connectivity index (χ4v) is 2.51. The lowest BCUT2D eigenvalue weighted by Crippen LogP contribution is -2.03. The van der Waals surface area contributed by atoms with E-state index in [0.29, 0.717) is 18.8 Å². The van der Waals surface area contributed by atoms with Gasteiger partial charge in [-0.3, -0.25) is 0 Å². The molecule has 1 aliphatic rings. The monoisotopic (exact) mass is 302 g/mol. The number of benzene rings is 2. The van der Waals surface area contributed by atoms with Gasteiger partial charge in [-0.2, -0.15) is 0 Å². The van der Waals surface area contributed by atoms with Crippen LogP contribution in [-0.2, 0) is 17.8 Å².